The molecular weight excluding hydrogens is 228 g/mol. The molecule has 0 saturated carbocycles. The summed E-state index contributed by atoms with van der Waals surface area (Å²) in [6.07, 6.45) is 3.50. The standard InChI is InChI=1S/C13H24N4O/c1-10-11(5-6-18-10)7-14-8-12-9-15-13(16(2)3)17(12)4/h9-11,14H,5-8H2,1-4H3. The maximum Gasteiger partial charge on any atom is 0.204 e. The highest BCUT2D eigenvalue weighted by molar-refractivity contribution is 5.30. The molecule has 102 valence electrons. The minimum atomic E-state index is 0.390. The van der Waals surface area contributed by atoms with E-state index >= 15 is 0 Å². The fraction of sp³-hybridized carbons (Fsp3) is 0.769. The molecule has 0 aliphatic carbocycles. The third-order valence-electron chi connectivity index (χ3n) is 3.71. The average molecular weight is 252 g/mol. The molecule has 1 aliphatic heterocycles. The highest BCUT2D eigenvalue weighted by atomic mass is 16.5. The summed E-state index contributed by atoms with van der Waals surface area (Å²) in [4.78, 5) is 6.43. The number of hydrogen-bond acceptors (Lipinski definition) is 4. The molecule has 2 heterocycles. The third-order valence-corrected chi connectivity index (χ3v) is 3.71. The van der Waals surface area contributed by atoms with Crippen molar-refractivity contribution in [2.45, 2.75) is 26.0 Å². The first kappa shape index (κ1) is 13.4. The molecule has 1 N–H and O–H groups in total. The van der Waals surface area contributed by atoms with Crippen molar-refractivity contribution in [3.63, 3.8) is 0 Å². The SMILES string of the molecule is CC1OCCC1CNCc1cnc(N(C)C)n1C. The third kappa shape index (κ3) is 2.84. The summed E-state index contributed by atoms with van der Waals surface area (Å²) in [6.45, 7) is 4.95. The van der Waals surface area contributed by atoms with Gasteiger partial charge in [-0.3, -0.25) is 0 Å². The molecule has 1 aromatic heterocycles. The minimum Gasteiger partial charge on any atom is -0.378 e. The molecule has 0 bridgehead atoms. The van der Waals surface area contributed by atoms with Crippen molar-refractivity contribution in [3.05, 3.63) is 11.9 Å². The van der Waals surface area contributed by atoms with Gasteiger partial charge in [0.25, 0.3) is 0 Å². The maximum atomic E-state index is 5.56. The molecule has 1 aliphatic rings. The molecule has 5 heteroatoms. The second-order valence-corrected chi connectivity index (χ2v) is 5.26. The molecule has 0 radical (unpaired) electrons. The number of hydrogen-bond donors (Lipinski definition) is 1. The van der Waals surface area contributed by atoms with Crippen LogP contribution in [-0.4, -0.2) is 42.9 Å². The monoisotopic (exact) mass is 252 g/mol. The Morgan fingerprint density at radius 3 is 2.89 bits per heavy atom. The molecular formula is C13H24N4O. The van der Waals surface area contributed by atoms with Crippen molar-refractivity contribution < 1.29 is 4.74 Å². The lowest BCUT2D eigenvalue weighted by atomic mass is 10.0. The van der Waals surface area contributed by atoms with Crippen LogP contribution in [-0.2, 0) is 18.3 Å². The fourth-order valence-electron chi connectivity index (χ4n) is 2.44. The van der Waals surface area contributed by atoms with Crippen LogP contribution in [0.1, 0.15) is 19.0 Å². The smallest absolute Gasteiger partial charge is 0.204 e. The van der Waals surface area contributed by atoms with Crippen molar-refractivity contribution in [2.75, 3.05) is 32.1 Å². The molecule has 2 unspecified atom stereocenters. The van der Waals surface area contributed by atoms with E-state index < -0.39 is 0 Å². The number of rotatable bonds is 5. The van der Waals surface area contributed by atoms with Crippen LogP contribution in [0.5, 0.6) is 0 Å². The van der Waals surface area contributed by atoms with E-state index in [1.54, 1.807) is 0 Å². The van der Waals surface area contributed by atoms with Gasteiger partial charge in [0.15, 0.2) is 0 Å². The summed E-state index contributed by atoms with van der Waals surface area (Å²) in [5.74, 6) is 1.64. The summed E-state index contributed by atoms with van der Waals surface area (Å²) < 4.78 is 7.69. The van der Waals surface area contributed by atoms with Crippen LogP contribution in [0.15, 0.2) is 6.20 Å². The van der Waals surface area contributed by atoms with Gasteiger partial charge in [-0.15, -0.1) is 0 Å². The summed E-state index contributed by atoms with van der Waals surface area (Å²) in [5.41, 5.74) is 1.21. The molecule has 0 spiro atoms. The van der Waals surface area contributed by atoms with E-state index in [1.807, 2.05) is 25.2 Å². The first-order valence-electron chi connectivity index (χ1n) is 6.60. The van der Waals surface area contributed by atoms with Crippen LogP contribution in [0, 0.1) is 5.92 Å². The Hall–Kier alpha value is -1.07. The van der Waals surface area contributed by atoms with Gasteiger partial charge in [0.05, 0.1) is 18.0 Å². The highest BCUT2D eigenvalue weighted by Gasteiger charge is 2.23. The Bertz CT molecular complexity index is 388. The van der Waals surface area contributed by atoms with Gasteiger partial charge >= 0.3 is 0 Å². The Balaban J connectivity index is 1.83. The van der Waals surface area contributed by atoms with Crippen LogP contribution < -0.4 is 10.2 Å². The summed E-state index contributed by atoms with van der Waals surface area (Å²) in [5, 5.41) is 3.51. The lowest BCUT2D eigenvalue weighted by Crippen LogP contribution is -2.27. The number of nitrogens with zero attached hydrogens (tertiary/aromatic N) is 3. The van der Waals surface area contributed by atoms with Crippen molar-refractivity contribution in [3.8, 4) is 0 Å². The molecule has 1 aromatic rings. The number of nitrogens with one attached hydrogen (secondary N) is 1. The van der Waals surface area contributed by atoms with Gasteiger partial charge in [-0.2, -0.15) is 0 Å². The van der Waals surface area contributed by atoms with Crippen LogP contribution >= 0.6 is 0 Å². The van der Waals surface area contributed by atoms with Gasteiger partial charge in [-0.1, -0.05) is 0 Å². The van der Waals surface area contributed by atoms with Crippen LogP contribution in [0.4, 0.5) is 5.95 Å². The Morgan fingerprint density at radius 2 is 2.33 bits per heavy atom. The fourth-order valence-corrected chi connectivity index (χ4v) is 2.44. The van der Waals surface area contributed by atoms with E-state index in [1.165, 1.54) is 12.1 Å². The van der Waals surface area contributed by atoms with Crippen LogP contribution in [0.25, 0.3) is 0 Å². The van der Waals surface area contributed by atoms with E-state index in [0.29, 0.717) is 12.0 Å². The highest BCUT2D eigenvalue weighted by Crippen LogP contribution is 2.19. The van der Waals surface area contributed by atoms with Crippen molar-refractivity contribution >= 4 is 5.95 Å². The Morgan fingerprint density at radius 1 is 1.56 bits per heavy atom. The molecule has 5 nitrogen and oxygen atoms in total. The molecule has 1 fully saturated rings. The first-order valence-corrected chi connectivity index (χ1v) is 6.60. The van der Waals surface area contributed by atoms with E-state index in [0.717, 1.165) is 25.6 Å². The predicted molar refractivity (Wildman–Crippen MR) is 72.8 cm³/mol. The Kier molecular flexibility index (Phi) is 4.24. The summed E-state index contributed by atoms with van der Waals surface area (Å²) >= 11 is 0. The minimum absolute atomic E-state index is 0.390. The number of ether oxygens (including phenoxy) is 1. The van der Waals surface area contributed by atoms with Crippen LogP contribution in [0.3, 0.4) is 0 Å². The zero-order valence-electron chi connectivity index (χ0n) is 11.8. The topological polar surface area (TPSA) is 42.3 Å². The summed E-state index contributed by atoms with van der Waals surface area (Å²) in [7, 11) is 6.08. The van der Waals surface area contributed by atoms with Gasteiger partial charge < -0.3 is 19.5 Å². The second-order valence-electron chi connectivity index (χ2n) is 5.26. The largest absolute Gasteiger partial charge is 0.378 e. The number of aromatic nitrogens is 2. The van der Waals surface area contributed by atoms with E-state index in [4.69, 9.17) is 4.74 Å². The lowest BCUT2D eigenvalue weighted by Gasteiger charge is -2.16. The zero-order valence-corrected chi connectivity index (χ0v) is 11.8. The predicted octanol–water partition coefficient (Wildman–Crippen LogP) is 1.00. The van der Waals surface area contributed by atoms with Gasteiger partial charge in [-0.05, 0) is 19.3 Å². The van der Waals surface area contributed by atoms with Gasteiger partial charge in [0, 0.05) is 40.8 Å². The summed E-state index contributed by atoms with van der Waals surface area (Å²) in [6, 6.07) is 0. The van der Waals surface area contributed by atoms with E-state index in [-0.39, 0.29) is 0 Å². The normalized spacial score (nSPS) is 23.6. The van der Waals surface area contributed by atoms with Gasteiger partial charge in [-0.25, -0.2) is 4.98 Å². The second kappa shape index (κ2) is 5.71. The number of imidazole rings is 1. The van der Waals surface area contributed by atoms with E-state index in [2.05, 4.69) is 28.8 Å². The number of anilines is 1. The molecule has 1 saturated heterocycles. The van der Waals surface area contributed by atoms with Crippen molar-refractivity contribution in [1.29, 1.82) is 0 Å². The van der Waals surface area contributed by atoms with Crippen molar-refractivity contribution in [2.24, 2.45) is 13.0 Å². The molecule has 2 rings (SSSR count). The molecule has 2 atom stereocenters. The molecule has 18 heavy (non-hydrogen) atoms. The first-order chi connectivity index (χ1) is 8.59. The van der Waals surface area contributed by atoms with Gasteiger partial charge in [0.2, 0.25) is 5.95 Å². The Labute approximate surface area is 109 Å². The lowest BCUT2D eigenvalue weighted by molar-refractivity contribution is 0.105. The maximum absolute atomic E-state index is 5.56. The zero-order chi connectivity index (χ0) is 13.1. The van der Waals surface area contributed by atoms with E-state index in [9.17, 15) is 0 Å². The molecule has 0 aromatic carbocycles. The average Bonchev–Trinajstić information content (AvgIpc) is 2.87. The van der Waals surface area contributed by atoms with Crippen molar-refractivity contribution in [1.82, 2.24) is 14.9 Å². The quantitative estimate of drug-likeness (QED) is 0.849. The molecule has 0 amide bonds. The van der Waals surface area contributed by atoms with Gasteiger partial charge in [0.1, 0.15) is 0 Å². The van der Waals surface area contributed by atoms with Crippen LogP contribution in [0.2, 0.25) is 0 Å².